The van der Waals surface area contributed by atoms with Crippen molar-refractivity contribution in [2.45, 2.75) is 19.4 Å². The molecule has 4 nitrogen and oxygen atoms in total. The highest BCUT2D eigenvalue weighted by Gasteiger charge is 2.07. The molecule has 1 rings (SSSR count). The van der Waals surface area contributed by atoms with E-state index in [1.54, 1.807) is 23.9 Å². The van der Waals surface area contributed by atoms with Crippen LogP contribution in [0.2, 0.25) is 0 Å². The van der Waals surface area contributed by atoms with Crippen molar-refractivity contribution in [1.82, 2.24) is 5.32 Å². The monoisotopic (exact) mass is 271 g/mol. The number of aliphatic hydroxyl groups is 1. The topological polar surface area (TPSA) is 72.7 Å². The van der Waals surface area contributed by atoms with Gasteiger partial charge in [0.2, 0.25) is 0 Å². The van der Waals surface area contributed by atoms with Crippen LogP contribution >= 0.6 is 11.8 Å². The second kappa shape index (κ2) is 8.24. The maximum absolute atomic E-state index is 9.40. The van der Waals surface area contributed by atoms with Crippen LogP contribution in [0, 0.1) is 0 Å². The quantitative estimate of drug-likeness (QED) is 0.543. The molecule has 4 N–H and O–H groups in total. The van der Waals surface area contributed by atoms with Gasteiger partial charge in [0.05, 0.1) is 0 Å². The van der Waals surface area contributed by atoms with Gasteiger partial charge in [-0.25, -0.2) is 0 Å². The zero-order chi connectivity index (χ0) is 13.4. The Hall–Kier alpha value is -0.910. The Balaban J connectivity index is 2.29. The summed E-state index contributed by atoms with van der Waals surface area (Å²) in [7, 11) is 0. The molecule has 1 atom stereocenters. The number of phenols is 2. The summed E-state index contributed by atoms with van der Waals surface area (Å²) in [6.07, 6.45) is 0.834. The number of hydrogen-bond donors (Lipinski definition) is 4. The number of rotatable bonds is 8. The second-order valence-corrected chi connectivity index (χ2v) is 5.37. The Morgan fingerprint density at radius 3 is 2.44 bits per heavy atom. The normalized spacial score (nSPS) is 12.6. The van der Waals surface area contributed by atoms with Gasteiger partial charge in [-0.15, -0.1) is 0 Å². The third kappa shape index (κ3) is 5.62. The first-order valence-corrected chi connectivity index (χ1v) is 7.24. The standard InChI is InChI=1S/C13H21NO3S/c1-10(14-3-6-18-5-2-4-15)11-7-12(16)9-13(17)8-11/h7-10,14-17H,2-6H2,1H3. The summed E-state index contributed by atoms with van der Waals surface area (Å²) in [6, 6.07) is 4.70. The highest BCUT2D eigenvalue weighted by Crippen LogP contribution is 2.24. The van der Waals surface area contributed by atoms with Crippen LogP contribution in [-0.4, -0.2) is 40.0 Å². The maximum atomic E-state index is 9.40. The smallest absolute Gasteiger partial charge is 0.119 e. The lowest BCUT2D eigenvalue weighted by Crippen LogP contribution is -2.21. The molecule has 0 aromatic heterocycles. The van der Waals surface area contributed by atoms with Crippen LogP contribution in [0.1, 0.15) is 24.9 Å². The van der Waals surface area contributed by atoms with Crippen molar-refractivity contribution in [2.75, 3.05) is 24.7 Å². The van der Waals surface area contributed by atoms with Gasteiger partial charge in [-0.2, -0.15) is 11.8 Å². The number of thioether (sulfide) groups is 1. The number of aromatic hydroxyl groups is 2. The SMILES string of the molecule is CC(NCCSCCCO)c1cc(O)cc(O)c1. The Labute approximate surface area is 112 Å². The van der Waals surface area contributed by atoms with Gasteiger partial charge >= 0.3 is 0 Å². The molecular weight excluding hydrogens is 250 g/mol. The van der Waals surface area contributed by atoms with Crippen LogP contribution in [0.25, 0.3) is 0 Å². The summed E-state index contributed by atoms with van der Waals surface area (Å²) in [5.74, 6) is 2.11. The van der Waals surface area contributed by atoms with Crippen molar-refractivity contribution in [3.05, 3.63) is 23.8 Å². The lowest BCUT2D eigenvalue weighted by atomic mass is 10.1. The molecule has 0 aliphatic carbocycles. The Morgan fingerprint density at radius 1 is 1.17 bits per heavy atom. The Morgan fingerprint density at radius 2 is 1.83 bits per heavy atom. The molecule has 0 aliphatic rings. The van der Waals surface area contributed by atoms with Crippen molar-refractivity contribution in [1.29, 1.82) is 0 Å². The Bertz CT molecular complexity index is 340. The number of aliphatic hydroxyl groups excluding tert-OH is 1. The largest absolute Gasteiger partial charge is 0.508 e. The molecule has 1 aromatic rings. The average Bonchev–Trinajstić information content (AvgIpc) is 2.32. The first-order chi connectivity index (χ1) is 8.63. The minimum Gasteiger partial charge on any atom is -0.508 e. The summed E-state index contributed by atoms with van der Waals surface area (Å²) in [5.41, 5.74) is 0.868. The number of phenolic OH excluding ortho intramolecular Hbond substituents is 2. The van der Waals surface area contributed by atoms with Gasteiger partial charge in [0.1, 0.15) is 11.5 Å². The molecule has 0 bridgehead atoms. The first kappa shape index (κ1) is 15.1. The van der Waals surface area contributed by atoms with E-state index in [1.807, 2.05) is 6.92 Å². The lowest BCUT2D eigenvalue weighted by molar-refractivity contribution is 0.296. The van der Waals surface area contributed by atoms with Crippen LogP contribution in [0.4, 0.5) is 0 Å². The fourth-order valence-electron chi connectivity index (χ4n) is 1.60. The lowest BCUT2D eigenvalue weighted by Gasteiger charge is -2.14. The number of hydrogen-bond acceptors (Lipinski definition) is 5. The highest BCUT2D eigenvalue weighted by molar-refractivity contribution is 7.99. The predicted molar refractivity (Wildman–Crippen MR) is 75.2 cm³/mol. The van der Waals surface area contributed by atoms with E-state index in [1.165, 1.54) is 6.07 Å². The molecule has 1 aromatic carbocycles. The van der Waals surface area contributed by atoms with Gasteiger partial charge in [0.15, 0.2) is 0 Å². The van der Waals surface area contributed by atoms with E-state index >= 15 is 0 Å². The number of benzene rings is 1. The van der Waals surface area contributed by atoms with E-state index in [9.17, 15) is 10.2 Å². The fourth-order valence-corrected chi connectivity index (χ4v) is 2.40. The molecule has 18 heavy (non-hydrogen) atoms. The van der Waals surface area contributed by atoms with Crippen LogP contribution < -0.4 is 5.32 Å². The third-order valence-corrected chi connectivity index (χ3v) is 3.64. The molecular formula is C13H21NO3S. The molecule has 0 saturated carbocycles. The number of nitrogens with one attached hydrogen (secondary N) is 1. The molecule has 0 saturated heterocycles. The van der Waals surface area contributed by atoms with Gasteiger partial charge in [0, 0.05) is 31.0 Å². The molecule has 0 amide bonds. The van der Waals surface area contributed by atoms with Crippen molar-refractivity contribution in [3.63, 3.8) is 0 Å². The molecule has 0 aliphatic heterocycles. The van der Waals surface area contributed by atoms with E-state index in [-0.39, 0.29) is 24.1 Å². The predicted octanol–water partition coefficient (Wildman–Crippen LogP) is 1.86. The third-order valence-electron chi connectivity index (χ3n) is 2.57. The summed E-state index contributed by atoms with van der Waals surface area (Å²) in [4.78, 5) is 0. The fraction of sp³-hybridized carbons (Fsp3) is 0.538. The van der Waals surface area contributed by atoms with Crippen molar-refractivity contribution in [3.8, 4) is 11.5 Å². The minimum absolute atomic E-state index is 0.0796. The molecule has 1 unspecified atom stereocenters. The Kier molecular flexibility index (Phi) is 6.93. The summed E-state index contributed by atoms with van der Waals surface area (Å²) in [5, 5.41) is 30.8. The molecule has 0 heterocycles. The molecule has 5 heteroatoms. The summed E-state index contributed by atoms with van der Waals surface area (Å²) in [6.45, 7) is 3.10. The van der Waals surface area contributed by atoms with E-state index in [0.717, 1.165) is 30.0 Å². The highest BCUT2D eigenvalue weighted by atomic mass is 32.2. The molecule has 0 spiro atoms. The van der Waals surface area contributed by atoms with Gasteiger partial charge in [-0.3, -0.25) is 0 Å². The minimum atomic E-state index is 0.0796. The zero-order valence-corrected chi connectivity index (χ0v) is 11.4. The first-order valence-electron chi connectivity index (χ1n) is 6.08. The van der Waals surface area contributed by atoms with E-state index in [0.29, 0.717) is 0 Å². The van der Waals surface area contributed by atoms with E-state index in [2.05, 4.69) is 5.32 Å². The van der Waals surface area contributed by atoms with Crippen LogP contribution in [0.5, 0.6) is 11.5 Å². The van der Waals surface area contributed by atoms with Gasteiger partial charge in [0.25, 0.3) is 0 Å². The van der Waals surface area contributed by atoms with Gasteiger partial charge in [-0.05, 0) is 36.8 Å². The summed E-state index contributed by atoms with van der Waals surface area (Å²) < 4.78 is 0. The van der Waals surface area contributed by atoms with Crippen LogP contribution in [-0.2, 0) is 0 Å². The van der Waals surface area contributed by atoms with Crippen molar-refractivity contribution >= 4 is 11.8 Å². The van der Waals surface area contributed by atoms with E-state index in [4.69, 9.17) is 5.11 Å². The second-order valence-electron chi connectivity index (χ2n) is 4.15. The van der Waals surface area contributed by atoms with E-state index < -0.39 is 0 Å². The molecule has 0 radical (unpaired) electrons. The summed E-state index contributed by atoms with van der Waals surface area (Å²) >= 11 is 1.80. The van der Waals surface area contributed by atoms with Crippen LogP contribution in [0.3, 0.4) is 0 Å². The van der Waals surface area contributed by atoms with Gasteiger partial charge < -0.3 is 20.6 Å². The molecule has 102 valence electrons. The zero-order valence-electron chi connectivity index (χ0n) is 10.6. The van der Waals surface area contributed by atoms with Gasteiger partial charge in [-0.1, -0.05) is 0 Å². The van der Waals surface area contributed by atoms with Crippen molar-refractivity contribution in [2.24, 2.45) is 0 Å². The van der Waals surface area contributed by atoms with Crippen LogP contribution in [0.15, 0.2) is 18.2 Å². The molecule has 0 fully saturated rings. The maximum Gasteiger partial charge on any atom is 0.119 e. The van der Waals surface area contributed by atoms with Crippen molar-refractivity contribution < 1.29 is 15.3 Å². The average molecular weight is 271 g/mol.